The SMILES string of the molecule is COc1ccc(NC(=O)COC(=O)[C@H]2CCC(=O)N(c3ccc(C)cc3)[C@H]2c2cccs2)cc1. The molecule has 176 valence electrons. The molecule has 0 spiro atoms. The van der Waals surface area contributed by atoms with Crippen molar-refractivity contribution in [1.82, 2.24) is 0 Å². The van der Waals surface area contributed by atoms with Gasteiger partial charge in [-0.25, -0.2) is 0 Å². The number of hydrogen-bond acceptors (Lipinski definition) is 6. The van der Waals surface area contributed by atoms with E-state index in [0.29, 0.717) is 17.9 Å². The third-order valence-corrected chi connectivity index (χ3v) is 6.71. The number of esters is 1. The number of carbonyl (C=O) groups excluding carboxylic acids is 3. The molecular formula is C26H26N2O5S. The molecule has 2 aromatic carbocycles. The topological polar surface area (TPSA) is 84.9 Å². The normalized spacial score (nSPS) is 17.8. The second-order valence-electron chi connectivity index (χ2n) is 8.09. The second kappa shape index (κ2) is 10.5. The minimum atomic E-state index is -0.577. The van der Waals surface area contributed by atoms with Crippen molar-refractivity contribution >= 4 is 40.5 Å². The molecule has 0 saturated carbocycles. The van der Waals surface area contributed by atoms with Crippen LogP contribution in [0.4, 0.5) is 11.4 Å². The zero-order valence-corrected chi connectivity index (χ0v) is 19.8. The number of methoxy groups -OCH3 is 1. The predicted molar refractivity (Wildman–Crippen MR) is 131 cm³/mol. The molecule has 1 aliphatic heterocycles. The Morgan fingerprint density at radius 3 is 2.47 bits per heavy atom. The average molecular weight is 479 g/mol. The monoisotopic (exact) mass is 478 g/mol. The summed E-state index contributed by atoms with van der Waals surface area (Å²) in [6.45, 7) is 1.58. The van der Waals surface area contributed by atoms with Crippen LogP contribution in [0.15, 0.2) is 66.0 Å². The number of hydrogen-bond donors (Lipinski definition) is 1. The standard InChI is InChI=1S/C26H26N2O5S/c1-17-5-9-19(10-6-17)28-24(30)14-13-21(25(28)22-4-3-15-34-22)26(31)33-16-23(29)27-18-7-11-20(32-2)12-8-18/h3-12,15,21,25H,13-14,16H2,1-2H3,(H,27,29)/t21-,25+/m0/s1. The van der Waals surface area contributed by atoms with Crippen molar-refractivity contribution < 1.29 is 23.9 Å². The molecule has 8 heteroatoms. The Hall–Kier alpha value is -3.65. The number of carbonyl (C=O) groups is 3. The smallest absolute Gasteiger partial charge is 0.311 e. The molecule has 0 bridgehead atoms. The van der Waals surface area contributed by atoms with Gasteiger partial charge in [0, 0.05) is 22.7 Å². The number of anilines is 2. The maximum absolute atomic E-state index is 13.1. The van der Waals surface area contributed by atoms with Crippen molar-refractivity contribution in [2.45, 2.75) is 25.8 Å². The number of nitrogens with one attached hydrogen (secondary N) is 1. The fraction of sp³-hybridized carbons (Fsp3) is 0.269. The zero-order chi connectivity index (χ0) is 24.1. The van der Waals surface area contributed by atoms with E-state index in [1.54, 1.807) is 36.3 Å². The van der Waals surface area contributed by atoms with Crippen molar-refractivity contribution in [3.63, 3.8) is 0 Å². The summed E-state index contributed by atoms with van der Waals surface area (Å²) in [7, 11) is 1.56. The lowest BCUT2D eigenvalue weighted by atomic mass is 9.87. The van der Waals surface area contributed by atoms with Crippen molar-refractivity contribution in [2.75, 3.05) is 23.9 Å². The van der Waals surface area contributed by atoms with Gasteiger partial charge in [0.25, 0.3) is 5.91 Å². The molecular weight excluding hydrogens is 452 g/mol. The minimum Gasteiger partial charge on any atom is -0.497 e. The first-order valence-electron chi connectivity index (χ1n) is 11.0. The Kier molecular flexibility index (Phi) is 7.27. The van der Waals surface area contributed by atoms with E-state index in [9.17, 15) is 14.4 Å². The fourth-order valence-corrected chi connectivity index (χ4v) is 4.93. The van der Waals surface area contributed by atoms with Crippen molar-refractivity contribution in [2.24, 2.45) is 5.92 Å². The average Bonchev–Trinajstić information content (AvgIpc) is 3.38. The van der Waals surface area contributed by atoms with Gasteiger partial charge in [-0.1, -0.05) is 23.8 Å². The second-order valence-corrected chi connectivity index (χ2v) is 9.07. The Morgan fingerprint density at radius 1 is 1.09 bits per heavy atom. The van der Waals surface area contributed by atoms with Gasteiger partial charge in [0.05, 0.1) is 19.1 Å². The van der Waals surface area contributed by atoms with Gasteiger partial charge in [-0.3, -0.25) is 14.4 Å². The predicted octanol–water partition coefficient (Wildman–Crippen LogP) is 4.73. The van der Waals surface area contributed by atoms with E-state index in [1.807, 2.05) is 48.7 Å². The summed E-state index contributed by atoms with van der Waals surface area (Å²) in [5.41, 5.74) is 2.40. The molecule has 0 aliphatic carbocycles. The number of thiophene rings is 1. The lowest BCUT2D eigenvalue weighted by Gasteiger charge is -2.39. The van der Waals surface area contributed by atoms with Crippen LogP contribution in [-0.2, 0) is 19.1 Å². The summed E-state index contributed by atoms with van der Waals surface area (Å²) in [6, 6.07) is 17.9. The van der Waals surface area contributed by atoms with E-state index < -0.39 is 30.4 Å². The molecule has 0 radical (unpaired) electrons. The zero-order valence-electron chi connectivity index (χ0n) is 19.0. The summed E-state index contributed by atoms with van der Waals surface area (Å²) >= 11 is 1.49. The molecule has 2 heterocycles. The first kappa shape index (κ1) is 23.5. The highest BCUT2D eigenvalue weighted by Crippen LogP contribution is 2.42. The maximum atomic E-state index is 13.1. The summed E-state index contributed by atoms with van der Waals surface area (Å²) in [6.07, 6.45) is 0.594. The molecule has 4 rings (SSSR count). The van der Waals surface area contributed by atoms with Crippen LogP contribution < -0.4 is 15.0 Å². The first-order chi connectivity index (χ1) is 16.5. The van der Waals surface area contributed by atoms with Crippen LogP contribution >= 0.6 is 11.3 Å². The Morgan fingerprint density at radius 2 is 1.82 bits per heavy atom. The van der Waals surface area contributed by atoms with Crippen LogP contribution in [0.25, 0.3) is 0 Å². The van der Waals surface area contributed by atoms with Gasteiger partial charge in [-0.2, -0.15) is 0 Å². The summed E-state index contributed by atoms with van der Waals surface area (Å²) in [4.78, 5) is 41.0. The van der Waals surface area contributed by atoms with E-state index in [4.69, 9.17) is 9.47 Å². The highest BCUT2D eigenvalue weighted by Gasteiger charge is 2.43. The molecule has 2 amide bonds. The molecule has 3 aromatic rings. The maximum Gasteiger partial charge on any atom is 0.311 e. The van der Waals surface area contributed by atoms with Crippen molar-refractivity contribution in [3.05, 3.63) is 76.5 Å². The molecule has 0 unspecified atom stereocenters. The van der Waals surface area contributed by atoms with Crippen LogP contribution in [0.3, 0.4) is 0 Å². The van der Waals surface area contributed by atoms with E-state index in [1.165, 1.54) is 11.3 Å². The lowest BCUT2D eigenvalue weighted by Crippen LogP contribution is -2.46. The van der Waals surface area contributed by atoms with Gasteiger partial charge in [0.2, 0.25) is 5.91 Å². The largest absolute Gasteiger partial charge is 0.497 e. The number of amides is 2. The summed E-state index contributed by atoms with van der Waals surface area (Å²) < 4.78 is 10.5. The summed E-state index contributed by atoms with van der Waals surface area (Å²) in [5, 5.41) is 4.63. The number of nitrogens with zero attached hydrogens (tertiary/aromatic N) is 1. The van der Waals surface area contributed by atoms with Crippen LogP contribution in [0.2, 0.25) is 0 Å². The van der Waals surface area contributed by atoms with Gasteiger partial charge in [0.15, 0.2) is 6.61 Å². The number of benzene rings is 2. The van der Waals surface area contributed by atoms with Gasteiger partial charge in [0.1, 0.15) is 5.75 Å². The lowest BCUT2D eigenvalue weighted by molar-refractivity contribution is -0.153. The van der Waals surface area contributed by atoms with E-state index >= 15 is 0 Å². The van der Waals surface area contributed by atoms with E-state index in [-0.39, 0.29) is 12.3 Å². The molecule has 1 N–H and O–H groups in total. The molecule has 1 aromatic heterocycles. The molecule has 1 saturated heterocycles. The Labute approximate surface area is 202 Å². The Balaban J connectivity index is 1.48. The van der Waals surface area contributed by atoms with Gasteiger partial charge < -0.3 is 19.7 Å². The third kappa shape index (κ3) is 5.28. The number of piperidine rings is 1. The van der Waals surface area contributed by atoms with Crippen molar-refractivity contribution in [1.29, 1.82) is 0 Å². The third-order valence-electron chi connectivity index (χ3n) is 5.77. The van der Waals surface area contributed by atoms with Crippen LogP contribution in [0.1, 0.15) is 29.3 Å². The molecule has 1 fully saturated rings. The van der Waals surface area contributed by atoms with E-state index in [0.717, 1.165) is 16.1 Å². The van der Waals surface area contributed by atoms with Gasteiger partial charge in [-0.15, -0.1) is 11.3 Å². The van der Waals surface area contributed by atoms with E-state index in [2.05, 4.69) is 5.32 Å². The van der Waals surface area contributed by atoms with Crippen LogP contribution in [0.5, 0.6) is 5.75 Å². The molecule has 34 heavy (non-hydrogen) atoms. The number of ether oxygens (including phenoxy) is 2. The van der Waals surface area contributed by atoms with Gasteiger partial charge >= 0.3 is 5.97 Å². The molecule has 7 nitrogen and oxygen atoms in total. The fourth-order valence-electron chi connectivity index (χ4n) is 4.05. The first-order valence-corrected chi connectivity index (χ1v) is 11.9. The molecule has 2 atom stereocenters. The van der Waals surface area contributed by atoms with Crippen LogP contribution in [-0.4, -0.2) is 31.5 Å². The highest BCUT2D eigenvalue weighted by molar-refractivity contribution is 7.10. The van der Waals surface area contributed by atoms with Crippen molar-refractivity contribution in [3.8, 4) is 5.75 Å². The summed E-state index contributed by atoms with van der Waals surface area (Å²) in [5.74, 6) is -0.870. The minimum absolute atomic E-state index is 0.0384. The number of aryl methyl sites for hydroxylation is 1. The quantitative estimate of drug-likeness (QED) is 0.496. The Bertz CT molecular complexity index is 1140. The number of rotatable bonds is 7. The van der Waals surface area contributed by atoms with Crippen LogP contribution in [0, 0.1) is 12.8 Å². The van der Waals surface area contributed by atoms with Gasteiger partial charge in [-0.05, 0) is 61.2 Å². The highest BCUT2D eigenvalue weighted by atomic mass is 32.1. The molecule has 1 aliphatic rings.